The van der Waals surface area contributed by atoms with Crippen molar-refractivity contribution in [3.8, 4) is 0 Å². The Kier molecular flexibility index (Phi) is 3.47. The van der Waals surface area contributed by atoms with E-state index in [0.717, 1.165) is 25.3 Å². The molecule has 2 nitrogen and oxygen atoms in total. The van der Waals surface area contributed by atoms with Gasteiger partial charge in [-0.25, -0.2) is 0 Å². The third-order valence-electron chi connectivity index (χ3n) is 3.54. The van der Waals surface area contributed by atoms with Crippen molar-refractivity contribution in [2.75, 3.05) is 13.1 Å². The Morgan fingerprint density at radius 2 is 2.20 bits per heavy atom. The first-order chi connectivity index (χ1) is 7.35. The average Bonchev–Trinajstić information content (AvgIpc) is 2.88. The fourth-order valence-corrected chi connectivity index (χ4v) is 2.71. The molecule has 1 aromatic rings. The molecule has 0 bridgehead atoms. The molecule has 15 heavy (non-hydrogen) atoms. The lowest BCUT2D eigenvalue weighted by Crippen LogP contribution is -2.33. The van der Waals surface area contributed by atoms with Gasteiger partial charge >= 0.3 is 0 Å². The van der Waals surface area contributed by atoms with Crippen molar-refractivity contribution in [3.63, 3.8) is 0 Å². The van der Waals surface area contributed by atoms with Crippen LogP contribution in [0.1, 0.15) is 38.4 Å². The molecule has 0 saturated heterocycles. The van der Waals surface area contributed by atoms with Crippen LogP contribution in [0.5, 0.6) is 0 Å². The Bertz CT molecular complexity index is 273. The Morgan fingerprint density at radius 1 is 1.40 bits per heavy atom. The summed E-state index contributed by atoms with van der Waals surface area (Å²) in [5.41, 5.74) is 0.466. The summed E-state index contributed by atoms with van der Waals surface area (Å²) in [6.45, 7) is 4.39. The molecule has 0 amide bonds. The Morgan fingerprint density at radius 3 is 2.80 bits per heavy atom. The van der Waals surface area contributed by atoms with E-state index >= 15 is 0 Å². The molecule has 2 heteroatoms. The van der Waals surface area contributed by atoms with E-state index < -0.39 is 0 Å². The van der Waals surface area contributed by atoms with E-state index in [-0.39, 0.29) is 0 Å². The number of nitrogens with one attached hydrogen (secondary N) is 1. The van der Waals surface area contributed by atoms with Gasteiger partial charge in [-0.2, -0.15) is 0 Å². The van der Waals surface area contributed by atoms with Crippen LogP contribution in [-0.2, 0) is 6.42 Å². The molecule has 0 unspecified atom stereocenters. The van der Waals surface area contributed by atoms with Crippen molar-refractivity contribution in [1.29, 1.82) is 0 Å². The van der Waals surface area contributed by atoms with Gasteiger partial charge in [0.25, 0.3) is 0 Å². The van der Waals surface area contributed by atoms with Crippen LogP contribution in [0.15, 0.2) is 22.8 Å². The van der Waals surface area contributed by atoms with Crippen LogP contribution in [-0.4, -0.2) is 13.1 Å². The third kappa shape index (κ3) is 2.63. The lowest BCUT2D eigenvalue weighted by molar-refractivity contribution is 0.260. The fourth-order valence-electron chi connectivity index (χ4n) is 2.71. The van der Waals surface area contributed by atoms with Crippen molar-refractivity contribution in [3.05, 3.63) is 24.2 Å². The van der Waals surface area contributed by atoms with Gasteiger partial charge in [-0.05, 0) is 36.9 Å². The highest BCUT2D eigenvalue weighted by Crippen LogP contribution is 2.40. The quantitative estimate of drug-likeness (QED) is 0.803. The van der Waals surface area contributed by atoms with Crippen LogP contribution in [0.3, 0.4) is 0 Å². The van der Waals surface area contributed by atoms with Crippen LogP contribution < -0.4 is 5.32 Å². The first kappa shape index (κ1) is 10.7. The molecule has 0 radical (unpaired) electrons. The van der Waals surface area contributed by atoms with E-state index in [1.807, 2.05) is 6.07 Å². The van der Waals surface area contributed by atoms with Gasteiger partial charge in [0.2, 0.25) is 0 Å². The van der Waals surface area contributed by atoms with Gasteiger partial charge in [-0.15, -0.1) is 0 Å². The van der Waals surface area contributed by atoms with Gasteiger partial charge in [0.05, 0.1) is 6.26 Å². The van der Waals surface area contributed by atoms with Crippen molar-refractivity contribution in [1.82, 2.24) is 5.32 Å². The minimum Gasteiger partial charge on any atom is -0.469 e. The summed E-state index contributed by atoms with van der Waals surface area (Å²) in [4.78, 5) is 0. The van der Waals surface area contributed by atoms with E-state index in [1.54, 1.807) is 6.26 Å². The Balaban J connectivity index is 1.99. The monoisotopic (exact) mass is 207 g/mol. The SMILES string of the molecule is CCNCC1(Cc2ccco2)CCCC1. The molecular weight excluding hydrogens is 186 g/mol. The largest absolute Gasteiger partial charge is 0.469 e. The third-order valence-corrected chi connectivity index (χ3v) is 3.54. The van der Waals surface area contributed by atoms with E-state index in [0.29, 0.717) is 5.41 Å². The predicted molar refractivity (Wildman–Crippen MR) is 61.9 cm³/mol. The van der Waals surface area contributed by atoms with Gasteiger partial charge in [-0.3, -0.25) is 0 Å². The molecule has 1 aromatic heterocycles. The molecule has 1 saturated carbocycles. The maximum Gasteiger partial charge on any atom is 0.104 e. The second kappa shape index (κ2) is 4.84. The molecule has 0 aliphatic heterocycles. The fraction of sp³-hybridized carbons (Fsp3) is 0.692. The topological polar surface area (TPSA) is 25.2 Å². The summed E-state index contributed by atoms with van der Waals surface area (Å²) in [7, 11) is 0. The molecule has 0 aromatic carbocycles. The molecule has 1 N–H and O–H groups in total. The summed E-state index contributed by atoms with van der Waals surface area (Å²) < 4.78 is 5.47. The van der Waals surface area contributed by atoms with Crippen molar-refractivity contribution in [2.45, 2.75) is 39.0 Å². The number of hydrogen-bond acceptors (Lipinski definition) is 2. The molecule has 0 atom stereocenters. The lowest BCUT2D eigenvalue weighted by atomic mass is 9.81. The second-order valence-corrected chi connectivity index (χ2v) is 4.74. The highest BCUT2D eigenvalue weighted by molar-refractivity contribution is 5.04. The highest BCUT2D eigenvalue weighted by Gasteiger charge is 2.34. The lowest BCUT2D eigenvalue weighted by Gasteiger charge is -2.28. The van der Waals surface area contributed by atoms with Crippen LogP contribution in [0, 0.1) is 5.41 Å². The first-order valence-electron chi connectivity index (χ1n) is 6.08. The summed E-state index contributed by atoms with van der Waals surface area (Å²) in [6, 6.07) is 4.09. The van der Waals surface area contributed by atoms with Crippen molar-refractivity contribution in [2.24, 2.45) is 5.41 Å². The van der Waals surface area contributed by atoms with Gasteiger partial charge in [0, 0.05) is 13.0 Å². The van der Waals surface area contributed by atoms with Crippen LogP contribution in [0.2, 0.25) is 0 Å². The molecular formula is C13H21NO. The standard InChI is InChI=1S/C13H21NO/c1-2-14-11-13(7-3-4-8-13)10-12-6-5-9-15-12/h5-6,9,14H,2-4,7-8,10-11H2,1H3. The normalized spacial score (nSPS) is 19.5. The minimum atomic E-state index is 0.466. The zero-order valence-electron chi connectivity index (χ0n) is 9.59. The summed E-state index contributed by atoms with van der Waals surface area (Å²) >= 11 is 0. The Labute approximate surface area is 92.1 Å². The average molecular weight is 207 g/mol. The van der Waals surface area contributed by atoms with Gasteiger partial charge in [0.15, 0.2) is 0 Å². The van der Waals surface area contributed by atoms with Gasteiger partial charge in [0.1, 0.15) is 5.76 Å². The number of rotatable bonds is 5. The zero-order valence-corrected chi connectivity index (χ0v) is 9.59. The first-order valence-corrected chi connectivity index (χ1v) is 6.08. The van der Waals surface area contributed by atoms with E-state index in [2.05, 4.69) is 18.3 Å². The summed E-state index contributed by atoms with van der Waals surface area (Å²) in [5.74, 6) is 1.15. The van der Waals surface area contributed by atoms with Crippen LogP contribution in [0.4, 0.5) is 0 Å². The molecule has 1 heterocycles. The molecule has 1 aliphatic carbocycles. The molecule has 1 aliphatic rings. The maximum absolute atomic E-state index is 5.47. The Hall–Kier alpha value is -0.760. The van der Waals surface area contributed by atoms with E-state index in [1.165, 1.54) is 25.7 Å². The van der Waals surface area contributed by atoms with Gasteiger partial charge < -0.3 is 9.73 Å². The highest BCUT2D eigenvalue weighted by atomic mass is 16.3. The molecule has 84 valence electrons. The van der Waals surface area contributed by atoms with Gasteiger partial charge in [-0.1, -0.05) is 19.8 Å². The second-order valence-electron chi connectivity index (χ2n) is 4.74. The minimum absolute atomic E-state index is 0.466. The number of hydrogen-bond donors (Lipinski definition) is 1. The maximum atomic E-state index is 5.47. The zero-order chi connectivity index (χ0) is 10.6. The predicted octanol–water partition coefficient (Wildman–Crippen LogP) is 2.99. The summed E-state index contributed by atoms with van der Waals surface area (Å²) in [6.07, 6.45) is 8.35. The van der Waals surface area contributed by atoms with Crippen LogP contribution >= 0.6 is 0 Å². The molecule has 0 spiro atoms. The number of furan rings is 1. The summed E-state index contributed by atoms with van der Waals surface area (Å²) in [5, 5.41) is 3.50. The van der Waals surface area contributed by atoms with Crippen molar-refractivity contribution < 1.29 is 4.42 Å². The molecule has 2 rings (SSSR count). The smallest absolute Gasteiger partial charge is 0.104 e. The van der Waals surface area contributed by atoms with Crippen molar-refractivity contribution >= 4 is 0 Å². The van der Waals surface area contributed by atoms with E-state index in [4.69, 9.17) is 4.42 Å². The van der Waals surface area contributed by atoms with E-state index in [9.17, 15) is 0 Å². The van der Waals surface area contributed by atoms with Crippen LogP contribution in [0.25, 0.3) is 0 Å². The molecule has 1 fully saturated rings.